The number of aryl methyl sites for hydroxylation is 1. The fourth-order valence-electron chi connectivity index (χ4n) is 1.37. The molecule has 0 fully saturated rings. The summed E-state index contributed by atoms with van der Waals surface area (Å²) in [6.45, 7) is 2.93. The molecular weight excluding hydrogens is 240 g/mol. The van der Waals surface area contributed by atoms with Crippen molar-refractivity contribution in [2.75, 3.05) is 5.73 Å². The molecule has 2 N–H and O–H groups in total. The standard InChI is InChI=1S/C11H13ClN4O/c1-2-5-16-7-8(6-14-16)17-11-9(13)3-4-10(12)15-11/h3-4,6-7H,2,5,13H2,1H3. The van der Waals surface area contributed by atoms with Crippen LogP contribution in [-0.2, 0) is 6.54 Å². The van der Waals surface area contributed by atoms with E-state index in [1.165, 1.54) is 0 Å². The number of anilines is 1. The van der Waals surface area contributed by atoms with Gasteiger partial charge in [0.05, 0.1) is 18.1 Å². The van der Waals surface area contributed by atoms with Crippen molar-refractivity contribution in [3.63, 3.8) is 0 Å². The van der Waals surface area contributed by atoms with E-state index in [0.29, 0.717) is 22.5 Å². The third-order valence-electron chi connectivity index (χ3n) is 2.13. The van der Waals surface area contributed by atoms with Crippen LogP contribution in [0.3, 0.4) is 0 Å². The Bertz CT molecular complexity index is 512. The topological polar surface area (TPSA) is 66.0 Å². The van der Waals surface area contributed by atoms with Gasteiger partial charge in [-0.15, -0.1) is 0 Å². The number of ether oxygens (including phenoxy) is 1. The predicted octanol–water partition coefficient (Wildman–Crippen LogP) is 2.72. The third-order valence-corrected chi connectivity index (χ3v) is 2.34. The second-order valence-corrected chi connectivity index (χ2v) is 3.96. The van der Waals surface area contributed by atoms with Gasteiger partial charge in [-0.05, 0) is 18.6 Å². The van der Waals surface area contributed by atoms with Crippen LogP contribution in [0.2, 0.25) is 5.15 Å². The molecule has 0 aliphatic carbocycles. The molecule has 2 aromatic heterocycles. The lowest BCUT2D eigenvalue weighted by Gasteiger charge is -2.04. The van der Waals surface area contributed by atoms with E-state index >= 15 is 0 Å². The van der Waals surface area contributed by atoms with E-state index in [-0.39, 0.29) is 0 Å². The molecule has 0 aliphatic heterocycles. The van der Waals surface area contributed by atoms with E-state index in [2.05, 4.69) is 17.0 Å². The average Bonchev–Trinajstić information content (AvgIpc) is 2.72. The molecule has 17 heavy (non-hydrogen) atoms. The smallest absolute Gasteiger partial charge is 0.244 e. The number of rotatable bonds is 4. The summed E-state index contributed by atoms with van der Waals surface area (Å²) in [4.78, 5) is 4.00. The van der Waals surface area contributed by atoms with Crippen LogP contribution in [0, 0.1) is 0 Å². The third kappa shape index (κ3) is 2.88. The molecule has 0 amide bonds. The molecule has 2 aromatic rings. The van der Waals surface area contributed by atoms with Gasteiger partial charge in [0.2, 0.25) is 5.88 Å². The quantitative estimate of drug-likeness (QED) is 0.850. The van der Waals surface area contributed by atoms with Gasteiger partial charge in [-0.25, -0.2) is 0 Å². The van der Waals surface area contributed by atoms with E-state index in [9.17, 15) is 0 Å². The second kappa shape index (κ2) is 5.05. The Morgan fingerprint density at radius 3 is 3.06 bits per heavy atom. The van der Waals surface area contributed by atoms with Gasteiger partial charge in [-0.2, -0.15) is 10.1 Å². The zero-order valence-corrected chi connectivity index (χ0v) is 10.2. The van der Waals surface area contributed by atoms with Crippen LogP contribution >= 0.6 is 11.6 Å². The largest absolute Gasteiger partial charge is 0.434 e. The summed E-state index contributed by atoms with van der Waals surface area (Å²) in [6.07, 6.45) is 4.43. The summed E-state index contributed by atoms with van der Waals surface area (Å²) >= 11 is 5.77. The van der Waals surface area contributed by atoms with Crippen LogP contribution in [0.4, 0.5) is 5.69 Å². The molecule has 0 saturated heterocycles. The maximum Gasteiger partial charge on any atom is 0.244 e. The maximum atomic E-state index is 5.77. The Morgan fingerprint density at radius 1 is 1.47 bits per heavy atom. The molecule has 0 aromatic carbocycles. The molecule has 0 bridgehead atoms. The van der Waals surface area contributed by atoms with Crippen molar-refractivity contribution >= 4 is 17.3 Å². The maximum absolute atomic E-state index is 5.77. The zero-order chi connectivity index (χ0) is 12.3. The van der Waals surface area contributed by atoms with Crippen LogP contribution in [0.15, 0.2) is 24.5 Å². The van der Waals surface area contributed by atoms with Crippen molar-refractivity contribution in [3.05, 3.63) is 29.7 Å². The Morgan fingerprint density at radius 2 is 2.29 bits per heavy atom. The fourth-order valence-corrected chi connectivity index (χ4v) is 1.51. The molecule has 6 heteroatoms. The molecule has 0 spiro atoms. The van der Waals surface area contributed by atoms with Gasteiger partial charge in [0, 0.05) is 6.54 Å². The van der Waals surface area contributed by atoms with Crippen molar-refractivity contribution in [1.29, 1.82) is 0 Å². The molecule has 90 valence electrons. The number of hydrogen-bond donors (Lipinski definition) is 1. The molecule has 0 aliphatic rings. The summed E-state index contributed by atoms with van der Waals surface area (Å²) in [5, 5.41) is 4.49. The molecule has 0 atom stereocenters. The van der Waals surface area contributed by atoms with Gasteiger partial charge >= 0.3 is 0 Å². The highest BCUT2D eigenvalue weighted by molar-refractivity contribution is 6.29. The van der Waals surface area contributed by atoms with Gasteiger partial charge in [-0.1, -0.05) is 18.5 Å². The monoisotopic (exact) mass is 252 g/mol. The Balaban J connectivity index is 2.16. The zero-order valence-electron chi connectivity index (χ0n) is 9.43. The van der Waals surface area contributed by atoms with Crippen molar-refractivity contribution in [2.45, 2.75) is 19.9 Å². The number of aromatic nitrogens is 3. The van der Waals surface area contributed by atoms with Crippen LogP contribution in [0.5, 0.6) is 11.6 Å². The summed E-state index contributed by atoms with van der Waals surface area (Å²) in [6, 6.07) is 3.27. The number of pyridine rings is 1. The Kier molecular flexibility index (Phi) is 3.49. The minimum Gasteiger partial charge on any atom is -0.434 e. The number of nitrogen functional groups attached to an aromatic ring is 1. The van der Waals surface area contributed by atoms with Gasteiger partial charge in [0.1, 0.15) is 5.15 Å². The lowest BCUT2D eigenvalue weighted by molar-refractivity contribution is 0.464. The summed E-state index contributed by atoms with van der Waals surface area (Å²) in [5.74, 6) is 0.897. The molecule has 2 rings (SSSR count). The molecular formula is C11H13ClN4O. The Labute approximate surface area is 104 Å². The van der Waals surface area contributed by atoms with Gasteiger partial charge in [0.25, 0.3) is 0 Å². The predicted molar refractivity (Wildman–Crippen MR) is 66.3 cm³/mol. The number of halogens is 1. The van der Waals surface area contributed by atoms with Gasteiger partial charge < -0.3 is 10.5 Å². The second-order valence-electron chi connectivity index (χ2n) is 3.57. The average molecular weight is 253 g/mol. The van der Waals surface area contributed by atoms with Gasteiger partial charge in [-0.3, -0.25) is 4.68 Å². The first kappa shape index (κ1) is 11.7. The first-order chi connectivity index (χ1) is 8.19. The van der Waals surface area contributed by atoms with Crippen molar-refractivity contribution in [1.82, 2.24) is 14.8 Å². The molecule has 5 nitrogen and oxygen atoms in total. The van der Waals surface area contributed by atoms with Crippen LogP contribution in [-0.4, -0.2) is 14.8 Å². The van der Waals surface area contributed by atoms with Gasteiger partial charge in [0.15, 0.2) is 5.75 Å². The molecule has 0 radical (unpaired) electrons. The Hall–Kier alpha value is -1.75. The number of nitrogens with two attached hydrogens (primary N) is 1. The molecule has 0 unspecified atom stereocenters. The van der Waals surface area contributed by atoms with E-state index < -0.39 is 0 Å². The van der Waals surface area contributed by atoms with Crippen molar-refractivity contribution in [2.24, 2.45) is 0 Å². The lowest BCUT2D eigenvalue weighted by Crippen LogP contribution is -1.96. The summed E-state index contributed by atoms with van der Waals surface area (Å²) in [5.41, 5.74) is 6.17. The lowest BCUT2D eigenvalue weighted by atomic mass is 10.4. The minimum absolute atomic E-state index is 0.300. The van der Waals surface area contributed by atoms with Crippen molar-refractivity contribution in [3.8, 4) is 11.6 Å². The highest BCUT2D eigenvalue weighted by Crippen LogP contribution is 2.26. The first-order valence-electron chi connectivity index (χ1n) is 5.31. The summed E-state index contributed by atoms with van der Waals surface area (Å²) < 4.78 is 7.31. The van der Waals surface area contributed by atoms with Crippen LogP contribution < -0.4 is 10.5 Å². The van der Waals surface area contributed by atoms with Crippen molar-refractivity contribution < 1.29 is 4.74 Å². The van der Waals surface area contributed by atoms with Crippen LogP contribution in [0.25, 0.3) is 0 Å². The summed E-state index contributed by atoms with van der Waals surface area (Å²) in [7, 11) is 0. The molecule has 2 heterocycles. The van der Waals surface area contributed by atoms with E-state index in [1.54, 1.807) is 29.2 Å². The van der Waals surface area contributed by atoms with E-state index in [1.807, 2.05) is 0 Å². The highest BCUT2D eigenvalue weighted by atomic mass is 35.5. The van der Waals surface area contributed by atoms with E-state index in [4.69, 9.17) is 22.1 Å². The normalized spacial score (nSPS) is 10.5. The minimum atomic E-state index is 0.300. The first-order valence-corrected chi connectivity index (χ1v) is 5.69. The fraction of sp³-hybridized carbons (Fsp3) is 0.273. The van der Waals surface area contributed by atoms with Crippen LogP contribution in [0.1, 0.15) is 13.3 Å². The highest BCUT2D eigenvalue weighted by Gasteiger charge is 2.06. The molecule has 0 saturated carbocycles. The number of hydrogen-bond acceptors (Lipinski definition) is 4. The van der Waals surface area contributed by atoms with E-state index in [0.717, 1.165) is 13.0 Å². The number of nitrogens with zero attached hydrogens (tertiary/aromatic N) is 3. The SMILES string of the molecule is CCCn1cc(Oc2nc(Cl)ccc2N)cn1.